The molecule has 1 amide bonds. The van der Waals surface area contributed by atoms with E-state index in [-0.39, 0.29) is 17.6 Å². The van der Waals surface area contributed by atoms with Crippen molar-refractivity contribution in [3.05, 3.63) is 70.7 Å². The van der Waals surface area contributed by atoms with Crippen molar-refractivity contribution in [2.45, 2.75) is 32.1 Å². The number of sulfonamides is 1. The van der Waals surface area contributed by atoms with E-state index < -0.39 is 10.0 Å². The molecule has 5 nitrogen and oxygen atoms in total. The molecule has 7 heteroatoms. The lowest BCUT2D eigenvalue weighted by Crippen LogP contribution is -2.44. The van der Waals surface area contributed by atoms with Gasteiger partial charge >= 0.3 is 0 Å². The molecule has 0 radical (unpaired) electrons. The number of nitrogens with zero attached hydrogens (tertiary/aromatic N) is 2. The second kappa shape index (κ2) is 9.74. The van der Waals surface area contributed by atoms with Gasteiger partial charge in [0.05, 0.1) is 5.75 Å². The Morgan fingerprint density at radius 2 is 1.66 bits per heavy atom. The van der Waals surface area contributed by atoms with Crippen molar-refractivity contribution < 1.29 is 13.2 Å². The van der Waals surface area contributed by atoms with Crippen molar-refractivity contribution in [3.63, 3.8) is 0 Å². The van der Waals surface area contributed by atoms with E-state index in [9.17, 15) is 13.2 Å². The summed E-state index contributed by atoms with van der Waals surface area (Å²) in [5, 5.41) is 0.585. The predicted octanol–water partition coefficient (Wildman–Crippen LogP) is 3.93. The molecule has 156 valence electrons. The van der Waals surface area contributed by atoms with Crippen LogP contribution in [0.1, 0.15) is 30.9 Å². The van der Waals surface area contributed by atoms with Gasteiger partial charge in [0.1, 0.15) is 0 Å². The predicted molar refractivity (Wildman–Crippen MR) is 116 cm³/mol. The van der Waals surface area contributed by atoms with Crippen LogP contribution in [0.4, 0.5) is 0 Å². The molecule has 0 aliphatic carbocycles. The smallest absolute Gasteiger partial charge is 0.226 e. The maximum atomic E-state index is 13.0. The van der Waals surface area contributed by atoms with Crippen molar-refractivity contribution in [1.29, 1.82) is 0 Å². The fraction of sp³-hybridized carbons (Fsp3) is 0.409. The normalized spacial score (nSPS) is 15.9. The minimum absolute atomic E-state index is 0.0438. The zero-order valence-electron chi connectivity index (χ0n) is 16.6. The summed E-state index contributed by atoms with van der Waals surface area (Å²) in [6.45, 7) is 3.98. The molecule has 1 heterocycles. The van der Waals surface area contributed by atoms with E-state index in [0.29, 0.717) is 49.6 Å². The van der Waals surface area contributed by atoms with Crippen molar-refractivity contribution in [2.75, 3.05) is 19.6 Å². The van der Waals surface area contributed by atoms with Gasteiger partial charge in [-0.3, -0.25) is 4.79 Å². The SMILES string of the molecule is CCN(Cc1ccccc1)C(=O)C1CCN(S(=O)(=O)Cc2ccc(Cl)cc2)CC1. The Morgan fingerprint density at radius 1 is 1.03 bits per heavy atom. The molecule has 1 fully saturated rings. The summed E-state index contributed by atoms with van der Waals surface area (Å²) in [5.74, 6) is -0.0514. The molecule has 0 aromatic heterocycles. The van der Waals surface area contributed by atoms with Crippen LogP contribution in [0.25, 0.3) is 0 Å². The van der Waals surface area contributed by atoms with Crippen LogP contribution < -0.4 is 0 Å². The first-order chi connectivity index (χ1) is 13.9. The highest BCUT2D eigenvalue weighted by Gasteiger charge is 2.32. The van der Waals surface area contributed by atoms with Gasteiger partial charge in [0.25, 0.3) is 0 Å². The Morgan fingerprint density at radius 3 is 2.24 bits per heavy atom. The number of carbonyl (C=O) groups excluding carboxylic acids is 1. The van der Waals surface area contributed by atoms with Crippen molar-refractivity contribution >= 4 is 27.5 Å². The zero-order valence-corrected chi connectivity index (χ0v) is 18.2. The molecule has 3 rings (SSSR count). The van der Waals surface area contributed by atoms with E-state index in [1.165, 1.54) is 4.31 Å². The second-order valence-electron chi connectivity index (χ2n) is 7.39. The highest BCUT2D eigenvalue weighted by atomic mass is 35.5. The topological polar surface area (TPSA) is 57.7 Å². The Labute approximate surface area is 178 Å². The summed E-state index contributed by atoms with van der Waals surface area (Å²) >= 11 is 5.87. The first-order valence-electron chi connectivity index (χ1n) is 9.94. The van der Waals surface area contributed by atoms with Gasteiger partial charge < -0.3 is 4.90 Å². The minimum Gasteiger partial charge on any atom is -0.338 e. The largest absolute Gasteiger partial charge is 0.338 e. The summed E-state index contributed by atoms with van der Waals surface area (Å²) in [6, 6.07) is 16.8. The minimum atomic E-state index is -3.41. The van der Waals surface area contributed by atoms with E-state index in [2.05, 4.69) is 0 Å². The lowest BCUT2D eigenvalue weighted by molar-refractivity contribution is -0.137. The van der Waals surface area contributed by atoms with Crippen molar-refractivity contribution in [2.24, 2.45) is 5.92 Å². The fourth-order valence-electron chi connectivity index (χ4n) is 3.67. The number of piperidine rings is 1. The molecule has 2 aromatic carbocycles. The highest BCUT2D eigenvalue weighted by molar-refractivity contribution is 7.88. The molecule has 0 bridgehead atoms. The number of amides is 1. The first-order valence-corrected chi connectivity index (χ1v) is 11.9. The molecule has 2 aromatic rings. The molecule has 0 atom stereocenters. The summed E-state index contributed by atoms with van der Waals surface area (Å²) in [7, 11) is -3.41. The molecule has 0 N–H and O–H groups in total. The van der Waals surface area contributed by atoms with E-state index in [1.54, 1.807) is 24.3 Å². The van der Waals surface area contributed by atoms with Crippen molar-refractivity contribution in [1.82, 2.24) is 9.21 Å². The maximum absolute atomic E-state index is 13.0. The Kier molecular flexibility index (Phi) is 7.33. The molecule has 1 saturated heterocycles. The van der Waals surface area contributed by atoms with Gasteiger partial charge in [0.15, 0.2) is 0 Å². The van der Waals surface area contributed by atoms with Crippen LogP contribution in [0.2, 0.25) is 5.02 Å². The third-order valence-electron chi connectivity index (χ3n) is 5.37. The number of benzene rings is 2. The maximum Gasteiger partial charge on any atom is 0.226 e. The molecule has 29 heavy (non-hydrogen) atoms. The third kappa shape index (κ3) is 5.81. The van der Waals surface area contributed by atoms with Gasteiger partial charge in [0.2, 0.25) is 15.9 Å². The van der Waals surface area contributed by atoms with Crippen LogP contribution in [0, 0.1) is 5.92 Å². The Balaban J connectivity index is 1.57. The number of rotatable bonds is 7. The van der Waals surface area contributed by atoms with Crippen LogP contribution in [0.5, 0.6) is 0 Å². The van der Waals surface area contributed by atoms with Gasteiger partial charge in [0, 0.05) is 37.1 Å². The standard InChI is InChI=1S/C22H27ClN2O3S/c1-2-24(16-18-6-4-3-5-7-18)22(26)20-12-14-25(15-13-20)29(27,28)17-19-8-10-21(23)11-9-19/h3-11,20H,2,12-17H2,1H3. The van der Waals surface area contributed by atoms with Gasteiger partial charge in [-0.2, -0.15) is 0 Å². The molecule has 1 aliphatic heterocycles. The molecule has 0 spiro atoms. The summed E-state index contributed by atoms with van der Waals surface area (Å²) in [6.07, 6.45) is 1.12. The van der Waals surface area contributed by atoms with Gasteiger partial charge in [-0.25, -0.2) is 12.7 Å². The van der Waals surface area contributed by atoms with Crippen LogP contribution in [-0.2, 0) is 27.1 Å². The molecule has 1 aliphatic rings. The molecular weight excluding hydrogens is 408 g/mol. The highest BCUT2D eigenvalue weighted by Crippen LogP contribution is 2.24. The van der Waals surface area contributed by atoms with Crippen molar-refractivity contribution in [3.8, 4) is 0 Å². The summed E-state index contributed by atoms with van der Waals surface area (Å²) in [5.41, 5.74) is 1.82. The molecule has 0 unspecified atom stereocenters. The van der Waals surface area contributed by atoms with Gasteiger partial charge in [-0.15, -0.1) is 0 Å². The summed E-state index contributed by atoms with van der Waals surface area (Å²) < 4.78 is 27.0. The van der Waals surface area contributed by atoms with Crippen LogP contribution in [0.3, 0.4) is 0 Å². The Hall–Kier alpha value is -1.89. The molecule has 0 saturated carbocycles. The number of hydrogen-bond donors (Lipinski definition) is 0. The number of hydrogen-bond acceptors (Lipinski definition) is 3. The third-order valence-corrected chi connectivity index (χ3v) is 7.47. The number of halogens is 1. The monoisotopic (exact) mass is 434 g/mol. The van der Waals surface area contributed by atoms with Crippen LogP contribution in [-0.4, -0.2) is 43.2 Å². The average molecular weight is 435 g/mol. The van der Waals surface area contributed by atoms with Gasteiger partial charge in [-0.1, -0.05) is 54.1 Å². The van der Waals surface area contributed by atoms with E-state index in [1.807, 2.05) is 42.2 Å². The van der Waals surface area contributed by atoms with Crippen LogP contribution >= 0.6 is 11.6 Å². The van der Waals surface area contributed by atoms with E-state index >= 15 is 0 Å². The lowest BCUT2D eigenvalue weighted by Gasteiger charge is -2.33. The quantitative estimate of drug-likeness (QED) is 0.663. The summed E-state index contributed by atoms with van der Waals surface area (Å²) in [4.78, 5) is 14.8. The van der Waals surface area contributed by atoms with E-state index in [0.717, 1.165) is 5.56 Å². The first kappa shape index (κ1) is 21.8. The molecular formula is C22H27ClN2O3S. The van der Waals surface area contributed by atoms with Crippen LogP contribution in [0.15, 0.2) is 54.6 Å². The Bertz CT molecular complexity index is 909. The van der Waals surface area contributed by atoms with E-state index in [4.69, 9.17) is 11.6 Å². The second-order valence-corrected chi connectivity index (χ2v) is 9.80. The van der Waals surface area contributed by atoms with Gasteiger partial charge in [-0.05, 0) is 43.0 Å². The fourth-order valence-corrected chi connectivity index (χ4v) is 5.36. The zero-order chi connectivity index (χ0) is 20.9. The number of carbonyl (C=O) groups is 1. The average Bonchev–Trinajstić information content (AvgIpc) is 2.74. The lowest BCUT2D eigenvalue weighted by atomic mass is 9.96.